The smallest absolute Gasteiger partial charge is 0.251 e. The van der Waals surface area contributed by atoms with Gasteiger partial charge in [-0.1, -0.05) is 18.2 Å². The van der Waals surface area contributed by atoms with Gasteiger partial charge in [0.25, 0.3) is 5.91 Å². The van der Waals surface area contributed by atoms with E-state index in [-0.39, 0.29) is 19.1 Å². The number of nitrogens with zero attached hydrogens (tertiary/aromatic N) is 2. The summed E-state index contributed by atoms with van der Waals surface area (Å²) in [6, 6.07) is 15.9. The second-order valence-corrected chi connectivity index (χ2v) is 6.24. The third kappa shape index (κ3) is 2.72. The second kappa shape index (κ2) is 6.61. The summed E-state index contributed by atoms with van der Waals surface area (Å²) in [5.41, 5.74) is 4.86. The molecule has 0 fully saturated rings. The number of aryl methyl sites for hydroxylation is 1. The summed E-state index contributed by atoms with van der Waals surface area (Å²) in [5, 5.41) is 13.9. The minimum absolute atomic E-state index is 0.0714. The predicted molar refractivity (Wildman–Crippen MR) is 103 cm³/mol. The molecule has 0 bridgehead atoms. The van der Waals surface area contributed by atoms with Gasteiger partial charge in [-0.3, -0.25) is 9.78 Å². The number of hydrogen-bond donors (Lipinski definition) is 2. The van der Waals surface area contributed by atoms with Crippen molar-refractivity contribution < 1.29 is 9.90 Å². The van der Waals surface area contributed by atoms with Gasteiger partial charge in [0, 0.05) is 41.6 Å². The number of hydrogen-bond acceptors (Lipinski definition) is 3. The fourth-order valence-corrected chi connectivity index (χ4v) is 3.35. The molecule has 0 radical (unpaired) electrons. The lowest BCUT2D eigenvalue weighted by Crippen LogP contribution is -2.26. The number of pyridine rings is 1. The molecule has 0 unspecified atom stereocenters. The normalized spacial score (nSPS) is 11.2. The van der Waals surface area contributed by atoms with Crippen LogP contribution in [0.4, 0.5) is 0 Å². The average Bonchev–Trinajstić information content (AvgIpc) is 2.98. The molecule has 2 aromatic carbocycles. The first-order valence-corrected chi connectivity index (χ1v) is 8.50. The highest BCUT2D eigenvalue weighted by Crippen LogP contribution is 2.31. The second-order valence-electron chi connectivity index (χ2n) is 6.24. The van der Waals surface area contributed by atoms with E-state index in [1.165, 1.54) is 0 Å². The summed E-state index contributed by atoms with van der Waals surface area (Å²) in [5.74, 6) is -0.182. The number of benzene rings is 2. The lowest BCUT2D eigenvalue weighted by Gasteiger charge is -2.07. The first-order chi connectivity index (χ1) is 12.7. The minimum Gasteiger partial charge on any atom is -0.395 e. The SMILES string of the molecule is Cn1c2ccc(-c3cccc(C(=O)NCCO)c3)cc2c2ccncc21. The summed E-state index contributed by atoms with van der Waals surface area (Å²) >= 11 is 0. The Morgan fingerprint density at radius 3 is 2.77 bits per heavy atom. The summed E-state index contributed by atoms with van der Waals surface area (Å²) in [4.78, 5) is 16.4. The van der Waals surface area contributed by atoms with E-state index in [0.29, 0.717) is 5.56 Å². The number of nitrogens with one attached hydrogen (secondary N) is 1. The topological polar surface area (TPSA) is 67.2 Å². The molecule has 5 heteroatoms. The van der Waals surface area contributed by atoms with E-state index in [1.54, 1.807) is 12.3 Å². The Morgan fingerprint density at radius 1 is 1.08 bits per heavy atom. The van der Waals surface area contributed by atoms with Crippen molar-refractivity contribution in [3.8, 4) is 11.1 Å². The Labute approximate surface area is 150 Å². The molecule has 0 aliphatic heterocycles. The van der Waals surface area contributed by atoms with Crippen LogP contribution in [-0.4, -0.2) is 33.7 Å². The Balaban J connectivity index is 1.80. The Kier molecular flexibility index (Phi) is 4.14. The van der Waals surface area contributed by atoms with E-state index in [9.17, 15) is 4.79 Å². The van der Waals surface area contributed by atoms with Gasteiger partial charge in [-0.05, 0) is 41.5 Å². The minimum atomic E-state index is -0.182. The number of aliphatic hydroxyl groups excluding tert-OH is 1. The molecule has 0 spiro atoms. The molecule has 4 aromatic rings. The zero-order valence-electron chi connectivity index (χ0n) is 14.4. The summed E-state index contributed by atoms with van der Waals surface area (Å²) < 4.78 is 2.14. The Hall–Kier alpha value is -3.18. The molecule has 2 N–H and O–H groups in total. The van der Waals surface area contributed by atoms with E-state index in [0.717, 1.165) is 32.9 Å². The van der Waals surface area contributed by atoms with Crippen LogP contribution in [0.2, 0.25) is 0 Å². The number of aromatic nitrogens is 2. The van der Waals surface area contributed by atoms with Crippen LogP contribution >= 0.6 is 0 Å². The Bertz CT molecular complexity index is 1110. The zero-order valence-corrected chi connectivity index (χ0v) is 14.4. The van der Waals surface area contributed by atoms with Crippen LogP contribution in [0.15, 0.2) is 60.9 Å². The molecule has 26 heavy (non-hydrogen) atoms. The van der Waals surface area contributed by atoms with Crippen molar-refractivity contribution in [3.63, 3.8) is 0 Å². The highest BCUT2D eigenvalue weighted by atomic mass is 16.3. The highest BCUT2D eigenvalue weighted by molar-refractivity contribution is 6.09. The molecule has 5 nitrogen and oxygen atoms in total. The van der Waals surface area contributed by atoms with Gasteiger partial charge in [0.05, 0.1) is 18.3 Å². The van der Waals surface area contributed by atoms with Crippen molar-refractivity contribution in [2.24, 2.45) is 7.05 Å². The molecule has 1 amide bonds. The third-order valence-corrected chi connectivity index (χ3v) is 4.66. The quantitative estimate of drug-likeness (QED) is 0.597. The van der Waals surface area contributed by atoms with E-state index in [2.05, 4.69) is 33.1 Å². The number of rotatable bonds is 4. The maximum atomic E-state index is 12.1. The van der Waals surface area contributed by atoms with Gasteiger partial charge in [-0.2, -0.15) is 0 Å². The molecule has 0 atom stereocenters. The molecule has 2 heterocycles. The molecule has 4 rings (SSSR count). The number of carbonyl (C=O) groups is 1. The first-order valence-electron chi connectivity index (χ1n) is 8.50. The van der Waals surface area contributed by atoms with E-state index in [1.807, 2.05) is 37.5 Å². The molecule has 0 saturated heterocycles. The van der Waals surface area contributed by atoms with Gasteiger partial charge in [0.15, 0.2) is 0 Å². The van der Waals surface area contributed by atoms with Crippen molar-refractivity contribution >= 4 is 27.7 Å². The van der Waals surface area contributed by atoms with E-state index >= 15 is 0 Å². The van der Waals surface area contributed by atoms with Gasteiger partial charge in [-0.15, -0.1) is 0 Å². The lowest BCUT2D eigenvalue weighted by molar-refractivity contribution is 0.0945. The maximum absolute atomic E-state index is 12.1. The van der Waals surface area contributed by atoms with Crippen LogP contribution in [0.25, 0.3) is 32.9 Å². The fourth-order valence-electron chi connectivity index (χ4n) is 3.35. The monoisotopic (exact) mass is 345 g/mol. The number of aliphatic hydroxyl groups is 1. The van der Waals surface area contributed by atoms with Gasteiger partial charge in [0.2, 0.25) is 0 Å². The predicted octanol–water partition coefficient (Wildman–Crippen LogP) is 3.12. The number of fused-ring (bicyclic) bond motifs is 3. The van der Waals surface area contributed by atoms with E-state index < -0.39 is 0 Å². The van der Waals surface area contributed by atoms with Gasteiger partial charge < -0.3 is 15.0 Å². The van der Waals surface area contributed by atoms with E-state index in [4.69, 9.17) is 5.11 Å². The molecule has 0 saturated carbocycles. The number of amides is 1. The lowest BCUT2D eigenvalue weighted by atomic mass is 10.0. The molecule has 0 aliphatic carbocycles. The van der Waals surface area contributed by atoms with Crippen LogP contribution in [0, 0.1) is 0 Å². The molecule has 2 aromatic heterocycles. The van der Waals surface area contributed by atoms with Crippen molar-refractivity contribution in [1.82, 2.24) is 14.9 Å². The average molecular weight is 345 g/mol. The van der Waals surface area contributed by atoms with Crippen molar-refractivity contribution in [1.29, 1.82) is 0 Å². The standard InChI is InChI=1S/C21H19N3O2/c1-24-19-6-5-15(12-18(19)17-7-8-22-13-20(17)24)14-3-2-4-16(11-14)21(26)23-9-10-25/h2-8,11-13,25H,9-10H2,1H3,(H,23,26). The zero-order chi connectivity index (χ0) is 18.1. The third-order valence-electron chi connectivity index (χ3n) is 4.66. The van der Waals surface area contributed by atoms with Gasteiger partial charge in [-0.25, -0.2) is 0 Å². The largest absolute Gasteiger partial charge is 0.395 e. The molecular weight excluding hydrogens is 326 g/mol. The summed E-state index contributed by atoms with van der Waals surface area (Å²) in [7, 11) is 2.04. The highest BCUT2D eigenvalue weighted by Gasteiger charge is 2.11. The van der Waals surface area contributed by atoms with Crippen molar-refractivity contribution in [3.05, 3.63) is 66.5 Å². The van der Waals surface area contributed by atoms with Gasteiger partial charge in [0.1, 0.15) is 0 Å². The summed E-state index contributed by atoms with van der Waals surface area (Å²) in [6.45, 7) is 0.178. The van der Waals surface area contributed by atoms with Crippen LogP contribution in [-0.2, 0) is 7.05 Å². The van der Waals surface area contributed by atoms with Crippen LogP contribution in [0.5, 0.6) is 0 Å². The molecular formula is C21H19N3O2. The van der Waals surface area contributed by atoms with Gasteiger partial charge >= 0.3 is 0 Å². The Morgan fingerprint density at radius 2 is 1.92 bits per heavy atom. The van der Waals surface area contributed by atoms with Crippen LogP contribution in [0.3, 0.4) is 0 Å². The fraction of sp³-hybridized carbons (Fsp3) is 0.143. The molecule has 130 valence electrons. The van der Waals surface area contributed by atoms with Crippen LogP contribution < -0.4 is 5.32 Å². The van der Waals surface area contributed by atoms with Crippen LogP contribution in [0.1, 0.15) is 10.4 Å². The maximum Gasteiger partial charge on any atom is 0.251 e. The van der Waals surface area contributed by atoms with Crippen molar-refractivity contribution in [2.45, 2.75) is 0 Å². The number of carbonyl (C=O) groups excluding carboxylic acids is 1. The summed E-state index contributed by atoms with van der Waals surface area (Å²) in [6.07, 6.45) is 3.68. The van der Waals surface area contributed by atoms with Crippen molar-refractivity contribution in [2.75, 3.05) is 13.2 Å². The molecule has 0 aliphatic rings. The first kappa shape index (κ1) is 16.3.